The summed E-state index contributed by atoms with van der Waals surface area (Å²) in [6.07, 6.45) is 0.291. The minimum Gasteiger partial charge on any atom is -0.373 e. The van der Waals surface area contributed by atoms with Crippen LogP contribution in [-0.4, -0.2) is 42.6 Å². The van der Waals surface area contributed by atoms with Crippen LogP contribution in [0.5, 0.6) is 0 Å². The average Bonchev–Trinajstić information content (AvgIpc) is 2.24. The number of amides is 1. The molecule has 1 aromatic carbocycles. The third-order valence-electron chi connectivity index (χ3n) is 3.01. The van der Waals surface area contributed by atoms with Crippen LogP contribution in [0.25, 0.3) is 0 Å². The molecular formula is C14H18Cl2N2O2. The molecule has 1 aliphatic rings. The minimum atomic E-state index is -0.0790. The number of hydrogen-bond donors (Lipinski definition) is 1. The van der Waals surface area contributed by atoms with E-state index in [0.29, 0.717) is 22.3 Å². The summed E-state index contributed by atoms with van der Waals surface area (Å²) in [4.78, 5) is 14.1. The molecule has 4 nitrogen and oxygen atoms in total. The second-order valence-electron chi connectivity index (χ2n) is 5.16. The Morgan fingerprint density at radius 3 is 2.35 bits per heavy atom. The van der Waals surface area contributed by atoms with E-state index in [4.69, 9.17) is 27.9 Å². The Morgan fingerprint density at radius 1 is 1.25 bits per heavy atom. The fraction of sp³-hybridized carbons (Fsp3) is 0.500. The summed E-state index contributed by atoms with van der Waals surface area (Å²) in [7, 11) is 0. The van der Waals surface area contributed by atoms with Gasteiger partial charge in [-0.3, -0.25) is 9.69 Å². The van der Waals surface area contributed by atoms with Crippen LogP contribution in [0.4, 0.5) is 5.69 Å². The van der Waals surface area contributed by atoms with Crippen molar-refractivity contribution in [3.8, 4) is 0 Å². The Morgan fingerprint density at radius 2 is 1.80 bits per heavy atom. The first kappa shape index (κ1) is 15.6. The highest BCUT2D eigenvalue weighted by Crippen LogP contribution is 2.22. The molecule has 1 heterocycles. The first-order chi connectivity index (χ1) is 9.42. The third-order valence-corrected chi connectivity index (χ3v) is 3.45. The van der Waals surface area contributed by atoms with E-state index in [0.717, 1.165) is 13.1 Å². The van der Waals surface area contributed by atoms with Crippen LogP contribution in [0.2, 0.25) is 10.0 Å². The zero-order chi connectivity index (χ0) is 14.7. The predicted molar refractivity (Wildman–Crippen MR) is 81.5 cm³/mol. The van der Waals surface area contributed by atoms with Gasteiger partial charge in [0.05, 0.1) is 18.8 Å². The first-order valence-electron chi connectivity index (χ1n) is 6.56. The van der Waals surface area contributed by atoms with Crippen molar-refractivity contribution < 1.29 is 9.53 Å². The summed E-state index contributed by atoms with van der Waals surface area (Å²) < 4.78 is 5.64. The monoisotopic (exact) mass is 316 g/mol. The molecule has 0 aromatic heterocycles. The van der Waals surface area contributed by atoms with Gasteiger partial charge in [0.1, 0.15) is 0 Å². The number of anilines is 1. The summed E-state index contributed by atoms with van der Waals surface area (Å²) in [6.45, 7) is 5.87. The van der Waals surface area contributed by atoms with Gasteiger partial charge < -0.3 is 10.1 Å². The maximum atomic E-state index is 12.0. The van der Waals surface area contributed by atoms with Gasteiger partial charge in [0.25, 0.3) is 0 Å². The van der Waals surface area contributed by atoms with Crippen molar-refractivity contribution in [1.29, 1.82) is 0 Å². The Balaban J connectivity index is 1.92. The van der Waals surface area contributed by atoms with Crippen molar-refractivity contribution in [2.75, 3.05) is 25.0 Å². The number of benzene rings is 1. The van der Waals surface area contributed by atoms with E-state index in [1.165, 1.54) is 0 Å². The van der Waals surface area contributed by atoms with Gasteiger partial charge in [-0.15, -0.1) is 0 Å². The number of nitrogens with zero attached hydrogens (tertiary/aromatic N) is 1. The van der Waals surface area contributed by atoms with Crippen LogP contribution in [-0.2, 0) is 9.53 Å². The van der Waals surface area contributed by atoms with Gasteiger partial charge in [0.15, 0.2) is 0 Å². The molecule has 0 bridgehead atoms. The van der Waals surface area contributed by atoms with Crippen molar-refractivity contribution in [2.24, 2.45) is 0 Å². The van der Waals surface area contributed by atoms with Crippen molar-refractivity contribution in [3.63, 3.8) is 0 Å². The van der Waals surface area contributed by atoms with Gasteiger partial charge >= 0.3 is 0 Å². The van der Waals surface area contributed by atoms with Crippen molar-refractivity contribution in [1.82, 2.24) is 4.90 Å². The highest BCUT2D eigenvalue weighted by molar-refractivity contribution is 6.35. The molecule has 1 amide bonds. The van der Waals surface area contributed by atoms with Gasteiger partial charge in [0, 0.05) is 28.8 Å². The molecule has 1 fully saturated rings. The zero-order valence-corrected chi connectivity index (χ0v) is 13.0. The molecule has 1 aromatic rings. The lowest BCUT2D eigenvalue weighted by Gasteiger charge is -2.34. The molecule has 1 aliphatic heterocycles. The third kappa shape index (κ3) is 4.63. The average molecular weight is 317 g/mol. The normalized spacial score (nSPS) is 23.6. The zero-order valence-electron chi connectivity index (χ0n) is 11.5. The molecule has 6 heteroatoms. The van der Waals surface area contributed by atoms with Crippen molar-refractivity contribution >= 4 is 34.8 Å². The Kier molecular flexibility index (Phi) is 5.27. The summed E-state index contributed by atoms with van der Waals surface area (Å²) in [6, 6.07) is 4.98. The molecule has 0 saturated carbocycles. The maximum absolute atomic E-state index is 12.0. The Labute approximate surface area is 129 Å². The summed E-state index contributed by atoms with van der Waals surface area (Å²) in [5.74, 6) is -0.0790. The number of ether oxygens (including phenoxy) is 1. The first-order valence-corrected chi connectivity index (χ1v) is 7.31. The highest BCUT2D eigenvalue weighted by atomic mass is 35.5. The second kappa shape index (κ2) is 6.76. The summed E-state index contributed by atoms with van der Waals surface area (Å²) in [5.41, 5.74) is 0.613. The predicted octanol–water partition coefficient (Wildman–Crippen LogP) is 3.04. The van der Waals surface area contributed by atoms with Crippen molar-refractivity contribution in [3.05, 3.63) is 28.2 Å². The minimum absolute atomic E-state index is 0.0790. The molecule has 0 unspecified atom stereocenters. The molecule has 0 radical (unpaired) electrons. The molecule has 2 rings (SSSR count). The summed E-state index contributed by atoms with van der Waals surface area (Å²) >= 11 is 11.8. The lowest BCUT2D eigenvalue weighted by atomic mass is 10.2. The van der Waals surface area contributed by atoms with E-state index in [-0.39, 0.29) is 18.1 Å². The number of carbonyl (C=O) groups excluding carboxylic acids is 1. The molecule has 1 N–H and O–H groups in total. The van der Waals surface area contributed by atoms with Crippen LogP contribution in [0.3, 0.4) is 0 Å². The highest BCUT2D eigenvalue weighted by Gasteiger charge is 2.23. The van der Waals surface area contributed by atoms with E-state index in [2.05, 4.69) is 10.2 Å². The number of nitrogens with one attached hydrogen (secondary N) is 1. The second-order valence-corrected chi connectivity index (χ2v) is 6.03. The maximum Gasteiger partial charge on any atom is 0.238 e. The number of carbonyl (C=O) groups is 1. The molecule has 2 atom stereocenters. The van der Waals surface area contributed by atoms with Crippen LogP contribution in [0, 0.1) is 0 Å². The number of halogens is 2. The van der Waals surface area contributed by atoms with Crippen LogP contribution in [0.1, 0.15) is 13.8 Å². The quantitative estimate of drug-likeness (QED) is 0.932. The number of hydrogen-bond acceptors (Lipinski definition) is 3. The largest absolute Gasteiger partial charge is 0.373 e. The standard InChI is InChI=1S/C14H18Cl2N2O2/c1-9-6-18(7-10(2)20-9)8-14(19)17-13-4-11(15)3-12(16)5-13/h3-5,9-10H,6-8H2,1-2H3,(H,17,19)/t9-,10-/m1/s1. The lowest BCUT2D eigenvalue weighted by Crippen LogP contribution is -2.48. The van der Waals surface area contributed by atoms with Crippen LogP contribution >= 0.6 is 23.2 Å². The van der Waals surface area contributed by atoms with E-state index in [1.807, 2.05) is 13.8 Å². The summed E-state index contributed by atoms with van der Waals surface area (Å²) in [5, 5.41) is 3.81. The van der Waals surface area contributed by atoms with Gasteiger partial charge in [-0.1, -0.05) is 23.2 Å². The molecule has 110 valence electrons. The molecule has 0 spiro atoms. The SMILES string of the molecule is C[C@@H]1CN(CC(=O)Nc2cc(Cl)cc(Cl)c2)C[C@@H](C)O1. The topological polar surface area (TPSA) is 41.6 Å². The van der Waals surface area contributed by atoms with E-state index in [9.17, 15) is 4.79 Å². The van der Waals surface area contributed by atoms with Crippen LogP contribution < -0.4 is 5.32 Å². The molecular weight excluding hydrogens is 299 g/mol. The fourth-order valence-corrected chi connectivity index (χ4v) is 2.97. The number of rotatable bonds is 3. The van der Waals surface area contributed by atoms with E-state index in [1.54, 1.807) is 18.2 Å². The van der Waals surface area contributed by atoms with Gasteiger partial charge in [-0.25, -0.2) is 0 Å². The Bertz CT molecular complexity index is 466. The Hall–Kier alpha value is -0.810. The van der Waals surface area contributed by atoms with Crippen LogP contribution in [0.15, 0.2) is 18.2 Å². The van der Waals surface area contributed by atoms with E-state index < -0.39 is 0 Å². The molecule has 1 saturated heterocycles. The number of morpholine rings is 1. The molecule has 0 aliphatic carbocycles. The van der Waals surface area contributed by atoms with Crippen molar-refractivity contribution in [2.45, 2.75) is 26.1 Å². The fourth-order valence-electron chi connectivity index (χ4n) is 2.44. The lowest BCUT2D eigenvalue weighted by molar-refractivity contribution is -0.121. The van der Waals surface area contributed by atoms with Gasteiger partial charge in [-0.05, 0) is 32.0 Å². The molecule has 20 heavy (non-hydrogen) atoms. The van der Waals surface area contributed by atoms with Gasteiger partial charge in [-0.2, -0.15) is 0 Å². The smallest absolute Gasteiger partial charge is 0.238 e. The van der Waals surface area contributed by atoms with E-state index >= 15 is 0 Å². The van der Waals surface area contributed by atoms with Gasteiger partial charge in [0.2, 0.25) is 5.91 Å².